The second kappa shape index (κ2) is 5.41. The van der Waals surface area contributed by atoms with E-state index < -0.39 is 21.8 Å². The minimum atomic E-state index is -5.13. The molecule has 0 saturated heterocycles. The molecule has 4 nitrogen and oxygen atoms in total. The largest absolute Gasteiger partial charge is 0.496 e. The van der Waals surface area contributed by atoms with Gasteiger partial charge in [-0.15, -0.1) is 0 Å². The zero-order valence-corrected chi connectivity index (χ0v) is 12.0. The summed E-state index contributed by atoms with van der Waals surface area (Å²) in [5, 5.41) is 0. The first-order chi connectivity index (χ1) is 8.58. The van der Waals surface area contributed by atoms with Crippen LogP contribution in [0.1, 0.15) is 0 Å². The van der Waals surface area contributed by atoms with E-state index in [9.17, 15) is 22.2 Å². The van der Waals surface area contributed by atoms with Crippen LogP contribution in [0.15, 0.2) is 27.6 Å². The number of alkyl halides is 3. The van der Waals surface area contributed by atoms with E-state index >= 15 is 0 Å². The van der Waals surface area contributed by atoms with Gasteiger partial charge in [-0.05, 0) is 40.0 Å². The van der Waals surface area contributed by atoms with Gasteiger partial charge in [-0.3, -0.25) is 9.52 Å². The monoisotopic (exact) mass is 359 g/mol. The fourth-order valence-electron chi connectivity index (χ4n) is 1.11. The number of rotatable bonds is 3. The standard InChI is InChI=1S/C10H9BrF3NO3S/c1-18-8-5-6(3-4-7(8)11)19(2,17)15-9(16)10(12,13)14/h3-5H,2H2,1H3,(H,15,16,17). The van der Waals surface area contributed by atoms with Crippen LogP contribution in [0, 0.1) is 0 Å². The molecule has 0 aromatic heterocycles. The molecule has 1 rings (SSSR count). The minimum absolute atomic E-state index is 0.0786. The molecular weight excluding hydrogens is 351 g/mol. The predicted octanol–water partition coefficient (Wildman–Crippen LogP) is 2.13. The molecule has 9 heteroatoms. The van der Waals surface area contributed by atoms with Crippen LogP contribution in [-0.4, -0.2) is 29.3 Å². The number of hydrogen-bond acceptors (Lipinski definition) is 3. The molecule has 0 saturated carbocycles. The van der Waals surface area contributed by atoms with Crippen molar-refractivity contribution >= 4 is 37.4 Å². The fourth-order valence-corrected chi connectivity index (χ4v) is 2.64. The van der Waals surface area contributed by atoms with Crippen LogP contribution in [-0.2, 0) is 14.5 Å². The number of ether oxygens (including phenoxy) is 1. The van der Waals surface area contributed by atoms with E-state index in [4.69, 9.17) is 4.74 Å². The molecule has 1 aromatic rings. The molecule has 0 radical (unpaired) electrons. The van der Waals surface area contributed by atoms with Gasteiger partial charge in [-0.1, -0.05) is 0 Å². The maximum Gasteiger partial charge on any atom is 0.472 e. The van der Waals surface area contributed by atoms with Gasteiger partial charge in [0.15, 0.2) is 0 Å². The third kappa shape index (κ3) is 3.87. The van der Waals surface area contributed by atoms with Gasteiger partial charge in [0.05, 0.1) is 26.2 Å². The lowest BCUT2D eigenvalue weighted by molar-refractivity contribution is -0.171. The summed E-state index contributed by atoms with van der Waals surface area (Å²) in [4.78, 5) is 10.7. The summed E-state index contributed by atoms with van der Waals surface area (Å²) in [5.41, 5.74) is 0. The number of methoxy groups -OCH3 is 1. The van der Waals surface area contributed by atoms with Crippen molar-refractivity contribution in [2.45, 2.75) is 11.1 Å². The first kappa shape index (κ1) is 15.8. The van der Waals surface area contributed by atoms with Gasteiger partial charge in [-0.2, -0.15) is 13.2 Å². The normalized spacial score (nSPS) is 14.6. The summed E-state index contributed by atoms with van der Waals surface area (Å²) < 4.78 is 55.1. The number of halogens is 4. The Morgan fingerprint density at radius 3 is 2.53 bits per heavy atom. The lowest BCUT2D eigenvalue weighted by atomic mass is 10.3. The predicted molar refractivity (Wildman–Crippen MR) is 68.4 cm³/mol. The van der Waals surface area contributed by atoms with Gasteiger partial charge in [0.2, 0.25) is 0 Å². The van der Waals surface area contributed by atoms with Crippen molar-refractivity contribution in [2.75, 3.05) is 7.11 Å². The number of amides is 1. The third-order valence-corrected chi connectivity index (χ3v) is 4.20. The summed E-state index contributed by atoms with van der Waals surface area (Å²) in [6.45, 7) is 0. The van der Waals surface area contributed by atoms with Crippen LogP contribution in [0.2, 0.25) is 0 Å². The lowest BCUT2D eigenvalue weighted by Crippen LogP contribution is -2.40. The Balaban J connectivity index is 3.11. The number of hydrogen-bond donors (Lipinski definition) is 1. The molecule has 0 aliphatic carbocycles. The van der Waals surface area contributed by atoms with Gasteiger partial charge in [0, 0.05) is 0 Å². The highest BCUT2D eigenvalue weighted by Crippen LogP contribution is 2.27. The van der Waals surface area contributed by atoms with Crippen molar-refractivity contribution in [1.82, 2.24) is 4.72 Å². The lowest BCUT2D eigenvalue weighted by Gasteiger charge is -2.14. The Morgan fingerprint density at radius 2 is 2.05 bits per heavy atom. The highest BCUT2D eigenvalue weighted by molar-refractivity contribution is 9.10. The molecule has 19 heavy (non-hydrogen) atoms. The van der Waals surface area contributed by atoms with Crippen molar-refractivity contribution < 1.29 is 26.9 Å². The fraction of sp³-hybridized carbons (Fsp3) is 0.200. The Bertz CT molecular complexity index is 599. The van der Waals surface area contributed by atoms with E-state index in [1.807, 2.05) is 0 Å². The smallest absolute Gasteiger partial charge is 0.472 e. The van der Waals surface area contributed by atoms with Gasteiger partial charge in [0.25, 0.3) is 0 Å². The van der Waals surface area contributed by atoms with Crippen LogP contribution >= 0.6 is 15.9 Å². The second-order valence-electron chi connectivity index (χ2n) is 3.40. The Labute approximate surface area is 116 Å². The van der Waals surface area contributed by atoms with E-state index in [0.29, 0.717) is 4.47 Å². The van der Waals surface area contributed by atoms with Crippen LogP contribution in [0.5, 0.6) is 5.75 Å². The molecule has 0 aliphatic heterocycles. The molecule has 0 bridgehead atoms. The SMILES string of the molecule is C=S(=O)(NC(=O)C(F)(F)F)c1ccc(Br)c(OC)c1. The van der Waals surface area contributed by atoms with Gasteiger partial charge in [0.1, 0.15) is 5.75 Å². The van der Waals surface area contributed by atoms with E-state index in [0.717, 1.165) is 0 Å². The molecule has 1 amide bonds. The zero-order chi connectivity index (χ0) is 14.8. The van der Waals surface area contributed by atoms with Crippen LogP contribution in [0.25, 0.3) is 0 Å². The Hall–Kier alpha value is -1.22. The number of carbonyl (C=O) groups is 1. The quantitative estimate of drug-likeness (QED) is 0.841. The summed E-state index contributed by atoms with van der Waals surface area (Å²) >= 11 is 3.13. The molecule has 0 spiro atoms. The van der Waals surface area contributed by atoms with Gasteiger partial charge in [-0.25, -0.2) is 4.21 Å². The number of carbonyl (C=O) groups excluding carboxylic acids is 1. The average Bonchev–Trinajstić information content (AvgIpc) is 2.27. The number of benzene rings is 1. The van der Waals surface area contributed by atoms with Gasteiger partial charge < -0.3 is 4.74 Å². The molecule has 0 aliphatic rings. The van der Waals surface area contributed by atoms with Crippen molar-refractivity contribution in [3.8, 4) is 5.75 Å². The Kier molecular flexibility index (Phi) is 4.51. The topological polar surface area (TPSA) is 55.4 Å². The molecule has 1 aromatic carbocycles. The first-order valence-corrected chi connectivity index (χ1v) is 7.19. The molecule has 0 fully saturated rings. The maximum atomic E-state index is 12.1. The van der Waals surface area contributed by atoms with E-state index in [1.54, 1.807) is 0 Å². The van der Waals surface area contributed by atoms with Crippen LogP contribution < -0.4 is 9.46 Å². The molecule has 0 heterocycles. The van der Waals surface area contributed by atoms with E-state index in [-0.39, 0.29) is 10.6 Å². The zero-order valence-electron chi connectivity index (χ0n) is 9.58. The van der Waals surface area contributed by atoms with Gasteiger partial charge >= 0.3 is 12.1 Å². The van der Waals surface area contributed by atoms with Crippen LogP contribution in [0.3, 0.4) is 0 Å². The minimum Gasteiger partial charge on any atom is -0.496 e. The van der Waals surface area contributed by atoms with Crippen LogP contribution in [0.4, 0.5) is 13.2 Å². The van der Waals surface area contributed by atoms with Crippen molar-refractivity contribution in [2.24, 2.45) is 0 Å². The molecule has 1 atom stereocenters. The van der Waals surface area contributed by atoms with Crippen molar-refractivity contribution in [3.63, 3.8) is 0 Å². The summed E-state index contributed by atoms with van der Waals surface area (Å²) in [6, 6.07) is 3.94. The molecule has 106 valence electrons. The molecule has 1 unspecified atom stereocenters. The maximum absolute atomic E-state index is 12.1. The highest BCUT2D eigenvalue weighted by atomic mass is 79.9. The first-order valence-electron chi connectivity index (χ1n) is 4.67. The summed E-state index contributed by atoms with van der Waals surface area (Å²) in [5.74, 6) is 1.07. The van der Waals surface area contributed by atoms with Crippen molar-refractivity contribution in [3.05, 3.63) is 22.7 Å². The average molecular weight is 360 g/mol. The Morgan fingerprint density at radius 1 is 1.47 bits per heavy atom. The van der Waals surface area contributed by atoms with Crippen molar-refractivity contribution in [1.29, 1.82) is 0 Å². The molecular formula is C10H9BrF3NO3S. The third-order valence-electron chi connectivity index (χ3n) is 2.02. The highest BCUT2D eigenvalue weighted by Gasteiger charge is 2.40. The van der Waals surface area contributed by atoms with E-state index in [2.05, 4.69) is 21.8 Å². The summed E-state index contributed by atoms with van der Waals surface area (Å²) in [7, 11) is -2.28. The molecule has 1 N–H and O–H groups in total. The van der Waals surface area contributed by atoms with E-state index in [1.165, 1.54) is 30.0 Å². The summed E-state index contributed by atoms with van der Waals surface area (Å²) in [6.07, 6.45) is -5.13. The number of nitrogens with one attached hydrogen (secondary N) is 1. The second-order valence-corrected chi connectivity index (χ2v) is 6.28.